The smallest absolute Gasteiger partial charge is 0.263 e. The van der Waals surface area contributed by atoms with Crippen LogP contribution in [0.5, 0.6) is 5.75 Å². The molecule has 0 fully saturated rings. The number of para-hydroxylation sites is 1. The molecule has 3 aromatic rings. The van der Waals surface area contributed by atoms with Crippen molar-refractivity contribution in [3.05, 3.63) is 59.0 Å². The zero-order chi connectivity index (χ0) is 19.4. The van der Waals surface area contributed by atoms with Crippen LogP contribution in [0.3, 0.4) is 0 Å². The third kappa shape index (κ3) is 4.27. The van der Waals surface area contributed by atoms with Gasteiger partial charge in [0, 0.05) is 17.5 Å². The van der Waals surface area contributed by atoms with Crippen LogP contribution in [0.15, 0.2) is 36.4 Å². The molecule has 0 radical (unpaired) electrons. The standard InChI is InChI=1S/C19H18N6O2/c1-12-8-13(2)22-19(21-12)25-17(9-14(3)24-25)23-18(26)11-27-16-7-5-4-6-15(16)10-20/h4-9H,11H2,1-3H3,(H,23,26). The van der Waals surface area contributed by atoms with E-state index in [1.165, 1.54) is 4.68 Å². The summed E-state index contributed by atoms with van der Waals surface area (Å²) in [6, 6.07) is 12.4. The van der Waals surface area contributed by atoms with Crippen molar-refractivity contribution in [2.75, 3.05) is 11.9 Å². The van der Waals surface area contributed by atoms with Gasteiger partial charge in [-0.25, -0.2) is 9.97 Å². The SMILES string of the molecule is Cc1cc(C)nc(-n2nc(C)cc2NC(=O)COc2ccccc2C#N)n1. The van der Waals surface area contributed by atoms with Crippen molar-refractivity contribution in [1.29, 1.82) is 5.26 Å². The molecule has 8 nitrogen and oxygen atoms in total. The lowest BCUT2D eigenvalue weighted by molar-refractivity contribution is -0.118. The van der Waals surface area contributed by atoms with Crippen molar-refractivity contribution in [2.45, 2.75) is 20.8 Å². The Balaban J connectivity index is 1.76. The molecule has 8 heteroatoms. The molecule has 0 saturated heterocycles. The first-order valence-corrected chi connectivity index (χ1v) is 8.27. The highest BCUT2D eigenvalue weighted by Gasteiger charge is 2.14. The molecule has 0 atom stereocenters. The third-order valence-corrected chi connectivity index (χ3v) is 3.63. The Hall–Kier alpha value is -3.73. The van der Waals surface area contributed by atoms with Crippen LogP contribution in [0.1, 0.15) is 22.6 Å². The molecule has 3 rings (SSSR count). The summed E-state index contributed by atoms with van der Waals surface area (Å²) in [5, 5.41) is 16.2. The molecule has 2 aromatic heterocycles. The first kappa shape index (κ1) is 18.1. The summed E-state index contributed by atoms with van der Waals surface area (Å²) in [6.45, 7) is 5.31. The van der Waals surface area contributed by atoms with E-state index in [2.05, 4.69) is 20.4 Å². The number of hydrogen-bond donors (Lipinski definition) is 1. The quantitative estimate of drug-likeness (QED) is 0.747. The van der Waals surface area contributed by atoms with Crippen molar-refractivity contribution in [2.24, 2.45) is 0 Å². The normalized spacial score (nSPS) is 10.3. The number of amides is 1. The Kier molecular flexibility index (Phi) is 5.13. The predicted octanol–water partition coefficient (Wildman–Crippen LogP) is 2.48. The number of hydrogen-bond acceptors (Lipinski definition) is 6. The number of aromatic nitrogens is 4. The van der Waals surface area contributed by atoms with Crippen LogP contribution in [0.25, 0.3) is 5.95 Å². The molecule has 1 amide bonds. The van der Waals surface area contributed by atoms with Crippen molar-refractivity contribution in [3.63, 3.8) is 0 Å². The lowest BCUT2D eigenvalue weighted by Gasteiger charge is -2.10. The maximum absolute atomic E-state index is 12.3. The van der Waals surface area contributed by atoms with E-state index in [0.29, 0.717) is 28.8 Å². The molecule has 2 heterocycles. The fourth-order valence-corrected chi connectivity index (χ4v) is 2.55. The topological polar surface area (TPSA) is 106 Å². The van der Waals surface area contributed by atoms with Crippen LogP contribution >= 0.6 is 0 Å². The predicted molar refractivity (Wildman–Crippen MR) is 98.6 cm³/mol. The second kappa shape index (κ2) is 7.66. The summed E-state index contributed by atoms with van der Waals surface area (Å²) in [7, 11) is 0. The number of nitrogens with one attached hydrogen (secondary N) is 1. The van der Waals surface area contributed by atoms with Gasteiger partial charge >= 0.3 is 0 Å². The molecule has 0 saturated carbocycles. The average Bonchev–Trinajstić information content (AvgIpc) is 2.99. The van der Waals surface area contributed by atoms with Gasteiger partial charge in [0.1, 0.15) is 17.6 Å². The zero-order valence-electron chi connectivity index (χ0n) is 15.2. The van der Waals surface area contributed by atoms with Gasteiger partial charge in [-0.05, 0) is 39.0 Å². The summed E-state index contributed by atoms with van der Waals surface area (Å²) in [4.78, 5) is 21.1. The van der Waals surface area contributed by atoms with Crippen molar-refractivity contribution < 1.29 is 9.53 Å². The van der Waals surface area contributed by atoms with E-state index in [0.717, 1.165) is 11.4 Å². The molecule has 0 aliphatic carbocycles. The number of ether oxygens (including phenoxy) is 1. The summed E-state index contributed by atoms with van der Waals surface area (Å²) < 4.78 is 6.94. The number of benzene rings is 1. The van der Waals surface area contributed by atoms with Crippen LogP contribution in [-0.4, -0.2) is 32.3 Å². The van der Waals surface area contributed by atoms with Gasteiger partial charge in [0.2, 0.25) is 0 Å². The van der Waals surface area contributed by atoms with Crippen LogP contribution < -0.4 is 10.1 Å². The third-order valence-electron chi connectivity index (χ3n) is 3.63. The van der Waals surface area contributed by atoms with Gasteiger partial charge in [0.15, 0.2) is 6.61 Å². The summed E-state index contributed by atoms with van der Waals surface area (Å²) in [6.07, 6.45) is 0. The molecule has 0 unspecified atom stereocenters. The molecule has 136 valence electrons. The first-order valence-electron chi connectivity index (χ1n) is 8.27. The average molecular weight is 362 g/mol. The summed E-state index contributed by atoms with van der Waals surface area (Å²) >= 11 is 0. The lowest BCUT2D eigenvalue weighted by Crippen LogP contribution is -2.22. The van der Waals surface area contributed by atoms with Gasteiger partial charge < -0.3 is 10.1 Å². The molecule has 1 aromatic carbocycles. The largest absolute Gasteiger partial charge is 0.482 e. The van der Waals surface area contributed by atoms with Crippen LogP contribution in [0.4, 0.5) is 5.82 Å². The Morgan fingerprint density at radius 3 is 2.56 bits per heavy atom. The van der Waals surface area contributed by atoms with Gasteiger partial charge in [-0.15, -0.1) is 0 Å². The highest BCUT2D eigenvalue weighted by molar-refractivity contribution is 5.91. The van der Waals surface area contributed by atoms with E-state index in [1.807, 2.05) is 32.9 Å². The Bertz CT molecular complexity index is 1010. The minimum atomic E-state index is -0.381. The Labute approximate surface area is 156 Å². The maximum atomic E-state index is 12.3. The molecule has 0 bridgehead atoms. The monoisotopic (exact) mass is 362 g/mol. The number of aryl methyl sites for hydroxylation is 3. The van der Waals surface area contributed by atoms with E-state index in [1.54, 1.807) is 30.3 Å². The number of rotatable bonds is 5. The van der Waals surface area contributed by atoms with Crippen molar-refractivity contribution in [3.8, 4) is 17.8 Å². The van der Waals surface area contributed by atoms with Crippen molar-refractivity contribution >= 4 is 11.7 Å². The van der Waals surface area contributed by atoms with Crippen LogP contribution in [0.2, 0.25) is 0 Å². The Morgan fingerprint density at radius 2 is 1.85 bits per heavy atom. The van der Waals surface area contributed by atoms with E-state index in [4.69, 9.17) is 10.00 Å². The summed E-state index contributed by atoms with van der Waals surface area (Å²) in [5.41, 5.74) is 2.69. The van der Waals surface area contributed by atoms with Gasteiger partial charge in [-0.2, -0.15) is 15.0 Å². The molecular formula is C19H18N6O2. The number of anilines is 1. The van der Waals surface area contributed by atoms with E-state index in [-0.39, 0.29) is 12.5 Å². The molecule has 1 N–H and O–H groups in total. The van der Waals surface area contributed by atoms with Gasteiger partial charge in [-0.1, -0.05) is 12.1 Å². The second-order valence-electron chi connectivity index (χ2n) is 5.98. The molecule has 27 heavy (non-hydrogen) atoms. The summed E-state index contributed by atoms with van der Waals surface area (Å²) in [5.74, 6) is 0.803. The van der Waals surface area contributed by atoms with E-state index < -0.39 is 0 Å². The maximum Gasteiger partial charge on any atom is 0.263 e. The van der Waals surface area contributed by atoms with Gasteiger partial charge in [0.05, 0.1) is 11.3 Å². The van der Waals surface area contributed by atoms with E-state index >= 15 is 0 Å². The van der Waals surface area contributed by atoms with Crippen molar-refractivity contribution in [1.82, 2.24) is 19.7 Å². The van der Waals surface area contributed by atoms with Gasteiger partial charge in [0.25, 0.3) is 11.9 Å². The first-order chi connectivity index (χ1) is 13.0. The van der Waals surface area contributed by atoms with Crippen LogP contribution in [0, 0.1) is 32.1 Å². The highest BCUT2D eigenvalue weighted by atomic mass is 16.5. The minimum absolute atomic E-state index is 0.239. The highest BCUT2D eigenvalue weighted by Crippen LogP contribution is 2.18. The number of nitrogens with zero attached hydrogens (tertiary/aromatic N) is 5. The fraction of sp³-hybridized carbons (Fsp3) is 0.211. The lowest BCUT2D eigenvalue weighted by atomic mass is 10.2. The number of carbonyl (C=O) groups excluding carboxylic acids is 1. The fourth-order valence-electron chi connectivity index (χ4n) is 2.55. The zero-order valence-corrected chi connectivity index (χ0v) is 15.2. The molecular weight excluding hydrogens is 344 g/mol. The Morgan fingerprint density at radius 1 is 1.15 bits per heavy atom. The van der Waals surface area contributed by atoms with Gasteiger partial charge in [-0.3, -0.25) is 4.79 Å². The molecule has 0 aliphatic heterocycles. The number of nitriles is 1. The number of carbonyl (C=O) groups is 1. The molecule has 0 aliphatic rings. The minimum Gasteiger partial charge on any atom is -0.482 e. The molecule has 0 spiro atoms. The second-order valence-corrected chi connectivity index (χ2v) is 5.98. The van der Waals surface area contributed by atoms with Crippen LogP contribution in [-0.2, 0) is 4.79 Å². The van der Waals surface area contributed by atoms with E-state index in [9.17, 15) is 4.79 Å².